The fourth-order valence-corrected chi connectivity index (χ4v) is 2.47. The minimum atomic E-state index is 0.711. The molecule has 2 aliphatic carbocycles. The van der Waals surface area contributed by atoms with Gasteiger partial charge in [-0.05, 0) is 44.6 Å². The van der Waals surface area contributed by atoms with Crippen molar-refractivity contribution < 1.29 is 0 Å². The molecule has 1 N–H and O–H groups in total. The molecule has 68 valence electrons. The molecule has 0 aliphatic heterocycles. The third-order valence-corrected chi connectivity index (χ3v) is 3.39. The zero-order valence-electron chi connectivity index (χ0n) is 8.14. The number of nitrogens with one attached hydrogen (secondary N) is 1. The standard InChI is InChI=1S/C11H19N/c1-8-7-10(8)11(12-2)9-5-3-4-6-9/h5,8,10-12H,3-4,6-7H2,1-2H3. The molecule has 0 amide bonds. The van der Waals surface area contributed by atoms with Gasteiger partial charge in [0.2, 0.25) is 0 Å². The maximum atomic E-state index is 3.47. The van der Waals surface area contributed by atoms with Gasteiger partial charge in [-0.1, -0.05) is 18.6 Å². The average molecular weight is 165 g/mol. The van der Waals surface area contributed by atoms with E-state index in [4.69, 9.17) is 0 Å². The SMILES string of the molecule is CNC(C1=CCCC1)C1CC1C. The molecule has 0 radical (unpaired) electrons. The molecule has 3 unspecified atom stereocenters. The van der Waals surface area contributed by atoms with E-state index in [1.807, 2.05) is 0 Å². The molecule has 1 heteroatoms. The van der Waals surface area contributed by atoms with E-state index in [0.29, 0.717) is 6.04 Å². The van der Waals surface area contributed by atoms with Crippen LogP contribution >= 0.6 is 0 Å². The van der Waals surface area contributed by atoms with Crippen molar-refractivity contribution >= 4 is 0 Å². The normalized spacial score (nSPS) is 36.3. The first-order valence-corrected chi connectivity index (χ1v) is 5.19. The highest BCUT2D eigenvalue weighted by Crippen LogP contribution is 2.44. The summed E-state index contributed by atoms with van der Waals surface area (Å²) in [6.45, 7) is 2.37. The van der Waals surface area contributed by atoms with E-state index in [9.17, 15) is 0 Å². The summed E-state index contributed by atoms with van der Waals surface area (Å²) < 4.78 is 0. The molecule has 3 atom stereocenters. The first-order valence-electron chi connectivity index (χ1n) is 5.19. The van der Waals surface area contributed by atoms with Gasteiger partial charge in [-0.15, -0.1) is 0 Å². The van der Waals surface area contributed by atoms with Crippen molar-refractivity contribution in [1.82, 2.24) is 5.32 Å². The van der Waals surface area contributed by atoms with Crippen LogP contribution in [0.4, 0.5) is 0 Å². The van der Waals surface area contributed by atoms with Gasteiger partial charge in [0.15, 0.2) is 0 Å². The van der Waals surface area contributed by atoms with Crippen LogP contribution in [0.5, 0.6) is 0 Å². The van der Waals surface area contributed by atoms with Gasteiger partial charge < -0.3 is 5.32 Å². The van der Waals surface area contributed by atoms with Crippen LogP contribution in [0.1, 0.15) is 32.6 Å². The molecule has 2 aliphatic rings. The summed E-state index contributed by atoms with van der Waals surface area (Å²) in [7, 11) is 2.11. The van der Waals surface area contributed by atoms with Crippen molar-refractivity contribution in [2.24, 2.45) is 11.8 Å². The van der Waals surface area contributed by atoms with Crippen molar-refractivity contribution in [1.29, 1.82) is 0 Å². The minimum absolute atomic E-state index is 0.711. The van der Waals surface area contributed by atoms with Crippen LogP contribution in [-0.4, -0.2) is 13.1 Å². The Labute approximate surface area is 75.2 Å². The smallest absolute Gasteiger partial charge is 0.0307 e. The van der Waals surface area contributed by atoms with Crippen LogP contribution in [-0.2, 0) is 0 Å². The predicted molar refractivity (Wildman–Crippen MR) is 52.1 cm³/mol. The maximum absolute atomic E-state index is 3.47. The first-order chi connectivity index (χ1) is 5.83. The van der Waals surface area contributed by atoms with Gasteiger partial charge in [0.1, 0.15) is 0 Å². The van der Waals surface area contributed by atoms with Crippen molar-refractivity contribution in [3.8, 4) is 0 Å². The highest BCUT2D eigenvalue weighted by Gasteiger charge is 2.40. The van der Waals surface area contributed by atoms with E-state index < -0.39 is 0 Å². The van der Waals surface area contributed by atoms with Crippen molar-refractivity contribution in [3.63, 3.8) is 0 Å². The van der Waals surface area contributed by atoms with E-state index in [1.165, 1.54) is 25.7 Å². The Morgan fingerprint density at radius 3 is 2.75 bits per heavy atom. The zero-order chi connectivity index (χ0) is 8.55. The van der Waals surface area contributed by atoms with Crippen LogP contribution in [0.25, 0.3) is 0 Å². The van der Waals surface area contributed by atoms with E-state index in [0.717, 1.165) is 11.8 Å². The topological polar surface area (TPSA) is 12.0 Å². The fourth-order valence-electron chi connectivity index (χ4n) is 2.47. The third kappa shape index (κ3) is 1.42. The van der Waals surface area contributed by atoms with Crippen molar-refractivity contribution in [3.05, 3.63) is 11.6 Å². The second kappa shape index (κ2) is 3.21. The van der Waals surface area contributed by atoms with E-state index >= 15 is 0 Å². The molecule has 0 saturated heterocycles. The molecule has 0 aromatic rings. The first kappa shape index (κ1) is 8.31. The Bertz CT molecular complexity index is 195. The third-order valence-electron chi connectivity index (χ3n) is 3.39. The molecule has 0 heterocycles. The molecular formula is C11H19N. The number of hydrogen-bond acceptors (Lipinski definition) is 1. The molecular weight excluding hydrogens is 146 g/mol. The fraction of sp³-hybridized carbons (Fsp3) is 0.818. The van der Waals surface area contributed by atoms with Gasteiger partial charge in [-0.3, -0.25) is 0 Å². The van der Waals surface area contributed by atoms with Crippen LogP contribution < -0.4 is 5.32 Å². The largest absolute Gasteiger partial charge is 0.313 e. The molecule has 0 bridgehead atoms. The number of likely N-dealkylation sites (N-methyl/N-ethyl adjacent to an activating group) is 1. The van der Waals surface area contributed by atoms with Gasteiger partial charge in [-0.2, -0.15) is 0 Å². The summed E-state index contributed by atoms with van der Waals surface area (Å²) in [5.41, 5.74) is 1.69. The minimum Gasteiger partial charge on any atom is -0.313 e. The van der Waals surface area contributed by atoms with Crippen LogP contribution in [0.15, 0.2) is 11.6 Å². The Morgan fingerprint density at radius 1 is 1.58 bits per heavy atom. The van der Waals surface area contributed by atoms with Gasteiger partial charge in [0.05, 0.1) is 0 Å². The van der Waals surface area contributed by atoms with Crippen molar-refractivity contribution in [2.45, 2.75) is 38.6 Å². The summed E-state index contributed by atoms with van der Waals surface area (Å²) in [4.78, 5) is 0. The van der Waals surface area contributed by atoms with Gasteiger partial charge in [0.25, 0.3) is 0 Å². The van der Waals surface area contributed by atoms with Gasteiger partial charge in [0, 0.05) is 6.04 Å². The van der Waals surface area contributed by atoms with E-state index in [2.05, 4.69) is 25.4 Å². The van der Waals surface area contributed by atoms with Gasteiger partial charge >= 0.3 is 0 Å². The molecule has 1 saturated carbocycles. The quantitative estimate of drug-likeness (QED) is 0.633. The second-order valence-corrected chi connectivity index (χ2v) is 4.31. The summed E-state index contributed by atoms with van der Waals surface area (Å²) >= 11 is 0. The lowest BCUT2D eigenvalue weighted by molar-refractivity contribution is 0.531. The lowest BCUT2D eigenvalue weighted by atomic mass is 10.0. The average Bonchev–Trinajstić information content (AvgIpc) is 2.60. The van der Waals surface area contributed by atoms with Crippen LogP contribution in [0, 0.1) is 11.8 Å². The summed E-state index contributed by atoms with van der Waals surface area (Å²) in [5.74, 6) is 1.91. The maximum Gasteiger partial charge on any atom is 0.0307 e. The number of rotatable bonds is 3. The Hall–Kier alpha value is -0.300. The summed E-state index contributed by atoms with van der Waals surface area (Å²) in [6.07, 6.45) is 7.92. The number of allylic oxidation sites excluding steroid dienone is 1. The highest BCUT2D eigenvalue weighted by atomic mass is 14.9. The Morgan fingerprint density at radius 2 is 2.33 bits per heavy atom. The van der Waals surface area contributed by atoms with Crippen LogP contribution in [0.3, 0.4) is 0 Å². The Balaban J connectivity index is 1.98. The monoisotopic (exact) mass is 165 g/mol. The molecule has 1 fully saturated rings. The van der Waals surface area contributed by atoms with Gasteiger partial charge in [-0.25, -0.2) is 0 Å². The van der Waals surface area contributed by atoms with E-state index in [1.54, 1.807) is 5.57 Å². The molecule has 2 rings (SSSR count). The lowest BCUT2D eigenvalue weighted by Crippen LogP contribution is -2.29. The van der Waals surface area contributed by atoms with Crippen molar-refractivity contribution in [2.75, 3.05) is 7.05 Å². The second-order valence-electron chi connectivity index (χ2n) is 4.31. The molecule has 1 nitrogen and oxygen atoms in total. The molecule has 12 heavy (non-hydrogen) atoms. The highest BCUT2D eigenvalue weighted by molar-refractivity contribution is 5.19. The zero-order valence-corrected chi connectivity index (χ0v) is 8.14. The number of hydrogen-bond donors (Lipinski definition) is 1. The predicted octanol–water partition coefficient (Wildman–Crippen LogP) is 2.34. The van der Waals surface area contributed by atoms with Crippen LogP contribution in [0.2, 0.25) is 0 Å². The Kier molecular flexibility index (Phi) is 2.22. The lowest BCUT2D eigenvalue weighted by Gasteiger charge is -2.17. The summed E-state index contributed by atoms with van der Waals surface area (Å²) in [6, 6.07) is 0.711. The molecule has 0 aromatic heterocycles. The molecule has 0 spiro atoms. The van der Waals surface area contributed by atoms with E-state index in [-0.39, 0.29) is 0 Å². The molecule has 0 aromatic carbocycles. The summed E-state index contributed by atoms with van der Waals surface area (Å²) in [5, 5.41) is 3.47.